The van der Waals surface area contributed by atoms with Gasteiger partial charge in [-0.05, 0) is 50.1 Å². The Morgan fingerprint density at radius 2 is 1.79 bits per heavy atom. The van der Waals surface area contributed by atoms with Crippen molar-refractivity contribution in [3.8, 4) is 5.75 Å². The Morgan fingerprint density at radius 3 is 2.41 bits per heavy atom. The summed E-state index contributed by atoms with van der Waals surface area (Å²) in [4.78, 5) is 26.0. The maximum Gasteiger partial charge on any atom is 0.253 e. The van der Waals surface area contributed by atoms with Crippen LogP contribution in [0.3, 0.4) is 0 Å². The maximum absolute atomic E-state index is 13.1. The number of amides is 2. The van der Waals surface area contributed by atoms with Crippen LogP contribution in [0, 0.1) is 0 Å². The Bertz CT molecular complexity index is 1150. The van der Waals surface area contributed by atoms with Gasteiger partial charge in [0, 0.05) is 6.04 Å². The molecule has 3 rings (SSSR count). The summed E-state index contributed by atoms with van der Waals surface area (Å²) < 4.78 is 31.3. The van der Waals surface area contributed by atoms with Gasteiger partial charge in [-0.3, -0.25) is 13.9 Å². The van der Waals surface area contributed by atoms with Gasteiger partial charge in [-0.1, -0.05) is 43.0 Å². The van der Waals surface area contributed by atoms with Gasteiger partial charge in [-0.15, -0.1) is 0 Å². The molecule has 1 fully saturated rings. The monoisotopic (exact) mass is 507 g/mol. The van der Waals surface area contributed by atoms with E-state index in [1.165, 1.54) is 38.7 Å². The highest BCUT2D eigenvalue weighted by molar-refractivity contribution is 7.92. The summed E-state index contributed by atoms with van der Waals surface area (Å²) in [6.45, 7) is 1.47. The van der Waals surface area contributed by atoms with Crippen LogP contribution in [0.4, 0.5) is 11.4 Å². The highest BCUT2D eigenvalue weighted by Crippen LogP contribution is 2.31. The third kappa shape index (κ3) is 6.21. The number of carbonyl (C=O) groups is 2. The van der Waals surface area contributed by atoms with Crippen molar-refractivity contribution in [2.75, 3.05) is 23.0 Å². The molecule has 0 bridgehead atoms. The molecule has 1 atom stereocenters. The van der Waals surface area contributed by atoms with Gasteiger partial charge in [0.05, 0.1) is 35.3 Å². The molecule has 0 heterocycles. The highest BCUT2D eigenvalue weighted by Gasteiger charge is 2.30. The van der Waals surface area contributed by atoms with Crippen molar-refractivity contribution in [1.82, 2.24) is 5.32 Å². The number of hydrogen-bond donors (Lipinski definition) is 2. The molecule has 2 N–H and O–H groups in total. The predicted octanol–water partition coefficient (Wildman–Crippen LogP) is 4.20. The fraction of sp³-hybridized carbons (Fsp3) is 0.417. The van der Waals surface area contributed by atoms with E-state index in [-0.39, 0.29) is 22.7 Å². The van der Waals surface area contributed by atoms with Crippen molar-refractivity contribution in [2.45, 2.75) is 51.1 Å². The average molecular weight is 508 g/mol. The van der Waals surface area contributed by atoms with E-state index in [1.54, 1.807) is 24.3 Å². The SMILES string of the molecule is COc1ccc(N([C@@H](C)C(=O)Nc2ccccc2C(=O)NC2CCCCC2)S(C)(=O)=O)cc1Cl. The Kier molecular flexibility index (Phi) is 8.43. The van der Waals surface area contributed by atoms with Crippen LogP contribution in [0.15, 0.2) is 42.5 Å². The molecule has 0 unspecified atom stereocenters. The first-order valence-electron chi connectivity index (χ1n) is 11.2. The number of halogens is 1. The topological polar surface area (TPSA) is 105 Å². The minimum Gasteiger partial charge on any atom is -0.495 e. The maximum atomic E-state index is 13.1. The van der Waals surface area contributed by atoms with Gasteiger partial charge in [0.15, 0.2) is 0 Å². The summed E-state index contributed by atoms with van der Waals surface area (Å²) in [6.07, 6.45) is 6.22. The number of sulfonamides is 1. The normalized spacial score (nSPS) is 15.3. The number of rotatable bonds is 8. The van der Waals surface area contributed by atoms with Crippen LogP contribution in [-0.2, 0) is 14.8 Å². The van der Waals surface area contributed by atoms with E-state index in [0.29, 0.717) is 17.0 Å². The van der Waals surface area contributed by atoms with Crippen LogP contribution in [0.2, 0.25) is 5.02 Å². The summed E-state index contributed by atoms with van der Waals surface area (Å²) in [5, 5.41) is 5.98. The molecular formula is C24H30ClN3O5S. The molecule has 0 saturated heterocycles. The van der Waals surface area contributed by atoms with E-state index in [2.05, 4.69) is 10.6 Å². The lowest BCUT2D eigenvalue weighted by Gasteiger charge is -2.29. The van der Waals surface area contributed by atoms with Gasteiger partial charge in [0.2, 0.25) is 15.9 Å². The summed E-state index contributed by atoms with van der Waals surface area (Å²) in [7, 11) is -2.39. The van der Waals surface area contributed by atoms with Gasteiger partial charge in [-0.2, -0.15) is 0 Å². The summed E-state index contributed by atoms with van der Waals surface area (Å²) >= 11 is 6.18. The van der Waals surface area contributed by atoms with Crippen LogP contribution in [0.25, 0.3) is 0 Å². The lowest BCUT2D eigenvalue weighted by Crippen LogP contribution is -2.45. The Labute approximate surface area is 205 Å². The molecule has 1 saturated carbocycles. The van der Waals surface area contributed by atoms with E-state index in [1.807, 2.05) is 0 Å². The number of benzene rings is 2. The second-order valence-electron chi connectivity index (χ2n) is 8.40. The molecule has 2 amide bonds. The molecule has 8 nitrogen and oxygen atoms in total. The number of methoxy groups -OCH3 is 1. The van der Waals surface area contributed by atoms with Crippen molar-refractivity contribution in [1.29, 1.82) is 0 Å². The molecule has 10 heteroatoms. The highest BCUT2D eigenvalue weighted by atomic mass is 35.5. The number of hydrogen-bond acceptors (Lipinski definition) is 5. The summed E-state index contributed by atoms with van der Waals surface area (Å²) in [6, 6.07) is 10.2. The molecule has 184 valence electrons. The zero-order valence-electron chi connectivity index (χ0n) is 19.5. The van der Waals surface area contributed by atoms with Gasteiger partial charge in [-0.25, -0.2) is 8.42 Å². The van der Waals surface area contributed by atoms with Gasteiger partial charge in [0.1, 0.15) is 11.8 Å². The zero-order chi connectivity index (χ0) is 24.9. The second kappa shape index (κ2) is 11.1. The van der Waals surface area contributed by atoms with E-state index in [9.17, 15) is 18.0 Å². The van der Waals surface area contributed by atoms with Crippen LogP contribution in [0.1, 0.15) is 49.4 Å². The minimum absolute atomic E-state index is 0.115. The largest absolute Gasteiger partial charge is 0.495 e. The lowest BCUT2D eigenvalue weighted by atomic mass is 9.95. The average Bonchev–Trinajstić information content (AvgIpc) is 2.79. The van der Waals surface area contributed by atoms with Crippen LogP contribution in [0.5, 0.6) is 5.75 Å². The summed E-state index contributed by atoms with van der Waals surface area (Å²) in [5.74, 6) is -0.471. The molecule has 1 aliphatic carbocycles. The fourth-order valence-electron chi connectivity index (χ4n) is 4.14. The molecular weight excluding hydrogens is 478 g/mol. The molecule has 0 spiro atoms. The number of nitrogens with one attached hydrogen (secondary N) is 2. The first-order valence-corrected chi connectivity index (χ1v) is 13.4. The van der Waals surface area contributed by atoms with Crippen LogP contribution < -0.4 is 19.7 Å². The first kappa shape index (κ1) is 25.8. The summed E-state index contributed by atoms with van der Waals surface area (Å²) in [5.41, 5.74) is 0.861. The van der Waals surface area contributed by atoms with E-state index >= 15 is 0 Å². The van der Waals surface area contributed by atoms with Crippen molar-refractivity contribution in [2.24, 2.45) is 0 Å². The second-order valence-corrected chi connectivity index (χ2v) is 10.7. The van der Waals surface area contributed by atoms with Crippen LogP contribution >= 0.6 is 11.6 Å². The molecule has 1 aliphatic rings. The predicted molar refractivity (Wildman–Crippen MR) is 134 cm³/mol. The Morgan fingerprint density at radius 1 is 1.12 bits per heavy atom. The number of nitrogens with zero attached hydrogens (tertiary/aromatic N) is 1. The van der Waals surface area contributed by atoms with E-state index in [0.717, 1.165) is 36.2 Å². The number of para-hydroxylation sites is 1. The zero-order valence-corrected chi connectivity index (χ0v) is 21.1. The third-order valence-electron chi connectivity index (χ3n) is 5.85. The van der Waals surface area contributed by atoms with Crippen molar-refractivity contribution in [3.63, 3.8) is 0 Å². The lowest BCUT2D eigenvalue weighted by molar-refractivity contribution is -0.116. The smallest absolute Gasteiger partial charge is 0.253 e. The molecule has 34 heavy (non-hydrogen) atoms. The molecule has 0 aromatic heterocycles. The third-order valence-corrected chi connectivity index (χ3v) is 7.39. The van der Waals surface area contributed by atoms with E-state index < -0.39 is 22.0 Å². The van der Waals surface area contributed by atoms with Crippen molar-refractivity contribution in [3.05, 3.63) is 53.1 Å². The van der Waals surface area contributed by atoms with Gasteiger partial charge >= 0.3 is 0 Å². The molecule has 0 radical (unpaired) electrons. The fourth-order valence-corrected chi connectivity index (χ4v) is 5.56. The Balaban J connectivity index is 1.82. The van der Waals surface area contributed by atoms with E-state index in [4.69, 9.17) is 16.3 Å². The standard InChI is InChI=1S/C24H30ClN3O5S/c1-16(28(34(3,31)32)18-13-14-22(33-2)20(25)15-18)23(29)27-21-12-8-7-11-19(21)24(30)26-17-9-5-4-6-10-17/h7-8,11-17H,4-6,9-10H2,1-3H3,(H,26,30)(H,27,29)/t16-/m0/s1. The number of carbonyl (C=O) groups excluding carboxylic acids is 2. The molecule has 0 aliphatic heterocycles. The number of anilines is 2. The first-order chi connectivity index (χ1) is 16.1. The molecule has 2 aromatic rings. The quantitative estimate of drug-likeness (QED) is 0.557. The molecule has 2 aromatic carbocycles. The van der Waals surface area contributed by atoms with Gasteiger partial charge < -0.3 is 15.4 Å². The minimum atomic E-state index is -3.84. The Hall–Kier alpha value is -2.78. The van der Waals surface area contributed by atoms with Crippen LogP contribution in [-0.4, -0.2) is 45.7 Å². The number of ether oxygens (including phenoxy) is 1. The van der Waals surface area contributed by atoms with Crippen molar-refractivity contribution < 1.29 is 22.7 Å². The van der Waals surface area contributed by atoms with Gasteiger partial charge in [0.25, 0.3) is 5.91 Å². The van der Waals surface area contributed by atoms with Crippen molar-refractivity contribution >= 4 is 44.8 Å².